The number of aliphatic hydroxyl groups is 1. The fourth-order valence-electron chi connectivity index (χ4n) is 2.88. The van der Waals surface area contributed by atoms with Gasteiger partial charge in [0, 0.05) is 18.7 Å². The molecule has 27 heavy (non-hydrogen) atoms. The van der Waals surface area contributed by atoms with Gasteiger partial charge in [0.2, 0.25) is 5.91 Å². The van der Waals surface area contributed by atoms with Crippen LogP contribution in [0.25, 0.3) is 0 Å². The van der Waals surface area contributed by atoms with Gasteiger partial charge in [0.1, 0.15) is 5.82 Å². The van der Waals surface area contributed by atoms with Crippen LogP contribution in [0.15, 0.2) is 48.5 Å². The molecular formula is C21H28ClFN2O2. The molecule has 0 heterocycles. The summed E-state index contributed by atoms with van der Waals surface area (Å²) in [6.45, 7) is 4.80. The van der Waals surface area contributed by atoms with Gasteiger partial charge in [0.05, 0.1) is 12.6 Å². The first-order valence-electron chi connectivity index (χ1n) is 8.91. The van der Waals surface area contributed by atoms with Crippen molar-refractivity contribution in [1.82, 2.24) is 4.90 Å². The fourth-order valence-corrected chi connectivity index (χ4v) is 2.88. The summed E-state index contributed by atoms with van der Waals surface area (Å²) in [5.41, 5.74) is 8.17. The quantitative estimate of drug-likeness (QED) is 0.665. The second kappa shape index (κ2) is 10.9. The van der Waals surface area contributed by atoms with Crippen LogP contribution < -0.4 is 5.73 Å². The maximum Gasteiger partial charge on any atom is 0.223 e. The van der Waals surface area contributed by atoms with E-state index in [0.29, 0.717) is 30.6 Å². The van der Waals surface area contributed by atoms with Crippen LogP contribution in [-0.4, -0.2) is 29.0 Å². The summed E-state index contributed by atoms with van der Waals surface area (Å²) in [7, 11) is 0. The van der Waals surface area contributed by atoms with Crippen LogP contribution in [0, 0.1) is 11.7 Å². The molecule has 2 aromatic rings. The molecule has 0 radical (unpaired) electrons. The molecule has 148 valence electrons. The van der Waals surface area contributed by atoms with Gasteiger partial charge < -0.3 is 15.7 Å². The Kier molecular flexibility index (Phi) is 9.26. The van der Waals surface area contributed by atoms with Crippen molar-refractivity contribution < 1.29 is 14.3 Å². The second-order valence-electron chi connectivity index (χ2n) is 6.96. The topological polar surface area (TPSA) is 66.6 Å². The number of para-hydroxylation sites is 1. The molecule has 0 bridgehead atoms. The number of nitrogens with two attached hydrogens (primary N) is 1. The minimum atomic E-state index is -0.847. The third kappa shape index (κ3) is 7.19. The smallest absolute Gasteiger partial charge is 0.223 e. The van der Waals surface area contributed by atoms with Gasteiger partial charge in [-0.3, -0.25) is 4.79 Å². The first-order valence-corrected chi connectivity index (χ1v) is 8.91. The van der Waals surface area contributed by atoms with Crippen LogP contribution in [0.5, 0.6) is 0 Å². The Labute approximate surface area is 166 Å². The maximum absolute atomic E-state index is 13.1. The number of nitrogen functional groups attached to an aromatic ring is 1. The third-order valence-corrected chi connectivity index (χ3v) is 4.25. The Bertz CT molecular complexity index is 722. The molecule has 1 amide bonds. The number of anilines is 1. The highest BCUT2D eigenvalue weighted by Crippen LogP contribution is 2.18. The second-order valence-corrected chi connectivity index (χ2v) is 6.96. The molecule has 0 aromatic heterocycles. The van der Waals surface area contributed by atoms with E-state index in [0.717, 1.165) is 5.56 Å². The summed E-state index contributed by atoms with van der Waals surface area (Å²) in [4.78, 5) is 14.4. The number of rotatable bonds is 8. The molecule has 0 saturated carbocycles. The summed E-state index contributed by atoms with van der Waals surface area (Å²) in [5, 5.41) is 10.4. The molecule has 0 fully saturated rings. The van der Waals surface area contributed by atoms with Gasteiger partial charge in [-0.1, -0.05) is 44.2 Å². The average Bonchev–Trinajstić information content (AvgIpc) is 2.60. The third-order valence-electron chi connectivity index (χ3n) is 4.25. The van der Waals surface area contributed by atoms with Crippen LogP contribution in [0.2, 0.25) is 0 Å². The van der Waals surface area contributed by atoms with E-state index in [2.05, 4.69) is 0 Å². The summed E-state index contributed by atoms with van der Waals surface area (Å²) >= 11 is 0. The lowest BCUT2D eigenvalue weighted by atomic mass is 10.1. The zero-order chi connectivity index (χ0) is 19.1. The lowest BCUT2D eigenvalue weighted by Gasteiger charge is -2.27. The van der Waals surface area contributed by atoms with Crippen LogP contribution >= 0.6 is 12.4 Å². The number of hydrogen-bond donors (Lipinski definition) is 2. The SMILES string of the molecule is CC(C)CN(CC(O)c1ccc(F)cc1)C(=O)CCc1ccccc1N.Cl. The minimum absolute atomic E-state index is 0. The van der Waals surface area contributed by atoms with Crippen LogP contribution in [-0.2, 0) is 11.2 Å². The molecule has 1 unspecified atom stereocenters. The van der Waals surface area contributed by atoms with E-state index in [4.69, 9.17) is 5.73 Å². The van der Waals surface area contributed by atoms with Gasteiger partial charge in [-0.05, 0) is 41.7 Å². The van der Waals surface area contributed by atoms with Crippen molar-refractivity contribution in [3.05, 3.63) is 65.5 Å². The normalized spacial score (nSPS) is 11.7. The number of aliphatic hydroxyl groups excluding tert-OH is 1. The molecule has 3 N–H and O–H groups in total. The number of halogens is 2. The Balaban J connectivity index is 0.00000364. The van der Waals surface area contributed by atoms with E-state index in [-0.39, 0.29) is 36.6 Å². The number of aryl methyl sites for hydroxylation is 1. The molecule has 2 aromatic carbocycles. The molecule has 0 aliphatic rings. The van der Waals surface area contributed by atoms with Gasteiger partial charge in [-0.25, -0.2) is 4.39 Å². The zero-order valence-corrected chi connectivity index (χ0v) is 16.6. The lowest BCUT2D eigenvalue weighted by Crippen LogP contribution is -2.37. The summed E-state index contributed by atoms with van der Waals surface area (Å²) in [6, 6.07) is 13.2. The minimum Gasteiger partial charge on any atom is -0.399 e. The fraction of sp³-hybridized carbons (Fsp3) is 0.381. The van der Waals surface area contributed by atoms with Crippen molar-refractivity contribution in [1.29, 1.82) is 0 Å². The van der Waals surface area contributed by atoms with E-state index in [1.54, 1.807) is 17.0 Å². The summed E-state index contributed by atoms with van der Waals surface area (Å²) in [6.07, 6.45) is 0.0455. The molecule has 4 nitrogen and oxygen atoms in total. The number of carbonyl (C=O) groups is 1. The van der Waals surface area contributed by atoms with E-state index in [9.17, 15) is 14.3 Å². The monoisotopic (exact) mass is 394 g/mol. The largest absolute Gasteiger partial charge is 0.399 e. The number of benzene rings is 2. The van der Waals surface area contributed by atoms with Gasteiger partial charge in [-0.2, -0.15) is 0 Å². The number of hydrogen-bond acceptors (Lipinski definition) is 3. The molecule has 0 aliphatic carbocycles. The van der Waals surface area contributed by atoms with E-state index >= 15 is 0 Å². The molecule has 0 aliphatic heterocycles. The van der Waals surface area contributed by atoms with Crippen molar-refractivity contribution in [2.24, 2.45) is 5.92 Å². The molecular weight excluding hydrogens is 367 g/mol. The van der Waals surface area contributed by atoms with Gasteiger partial charge in [0.25, 0.3) is 0 Å². The molecule has 0 saturated heterocycles. The van der Waals surface area contributed by atoms with Crippen LogP contribution in [0.4, 0.5) is 10.1 Å². The first kappa shape index (κ1) is 22.9. The van der Waals surface area contributed by atoms with Gasteiger partial charge in [-0.15, -0.1) is 12.4 Å². The standard InChI is InChI=1S/C21H27FN2O2.ClH/c1-15(2)13-24(14-20(25)17-7-10-18(22)11-8-17)21(26)12-9-16-5-3-4-6-19(16)23;/h3-8,10-11,15,20,25H,9,12-14,23H2,1-2H3;1H. The summed E-state index contributed by atoms with van der Waals surface area (Å²) < 4.78 is 13.1. The van der Waals surface area contributed by atoms with Crippen molar-refractivity contribution in [2.75, 3.05) is 18.8 Å². The highest BCUT2D eigenvalue weighted by molar-refractivity contribution is 5.85. The molecule has 1 atom stereocenters. The number of amides is 1. The summed E-state index contributed by atoms with van der Waals surface area (Å²) in [5.74, 6) is -0.0965. The molecule has 2 rings (SSSR count). The Hall–Kier alpha value is -2.11. The molecule has 0 spiro atoms. The Morgan fingerprint density at radius 2 is 1.74 bits per heavy atom. The van der Waals surface area contributed by atoms with Crippen molar-refractivity contribution >= 4 is 24.0 Å². The van der Waals surface area contributed by atoms with Crippen molar-refractivity contribution in [3.8, 4) is 0 Å². The van der Waals surface area contributed by atoms with Crippen LogP contribution in [0.1, 0.15) is 37.5 Å². The van der Waals surface area contributed by atoms with E-state index in [1.165, 1.54) is 12.1 Å². The predicted octanol–water partition coefficient (Wildman–Crippen LogP) is 3.98. The Morgan fingerprint density at radius 3 is 2.33 bits per heavy atom. The van der Waals surface area contributed by atoms with Crippen molar-refractivity contribution in [3.63, 3.8) is 0 Å². The maximum atomic E-state index is 13.1. The van der Waals surface area contributed by atoms with Gasteiger partial charge in [0.15, 0.2) is 0 Å². The lowest BCUT2D eigenvalue weighted by molar-refractivity contribution is -0.133. The van der Waals surface area contributed by atoms with Crippen molar-refractivity contribution in [2.45, 2.75) is 32.8 Å². The van der Waals surface area contributed by atoms with E-state index in [1.807, 2.05) is 38.1 Å². The number of carbonyl (C=O) groups excluding carboxylic acids is 1. The van der Waals surface area contributed by atoms with Gasteiger partial charge >= 0.3 is 0 Å². The Morgan fingerprint density at radius 1 is 1.11 bits per heavy atom. The number of nitrogens with zero attached hydrogens (tertiary/aromatic N) is 1. The highest BCUT2D eigenvalue weighted by atomic mass is 35.5. The first-order chi connectivity index (χ1) is 12.4. The predicted molar refractivity (Wildman–Crippen MR) is 109 cm³/mol. The van der Waals surface area contributed by atoms with Crippen LogP contribution in [0.3, 0.4) is 0 Å². The molecule has 6 heteroatoms. The highest BCUT2D eigenvalue weighted by Gasteiger charge is 2.20. The van der Waals surface area contributed by atoms with E-state index < -0.39 is 6.10 Å². The average molecular weight is 395 g/mol. The zero-order valence-electron chi connectivity index (χ0n) is 15.8.